The summed E-state index contributed by atoms with van der Waals surface area (Å²) in [4.78, 5) is 27.8. The highest BCUT2D eigenvalue weighted by Gasteiger charge is 2.58. The van der Waals surface area contributed by atoms with Gasteiger partial charge >= 0.3 is 11.9 Å². The summed E-state index contributed by atoms with van der Waals surface area (Å²) >= 11 is 2.51. The number of carbonyl (C=O) groups is 2. The molecule has 2 heterocycles. The third kappa shape index (κ3) is 4.04. The summed E-state index contributed by atoms with van der Waals surface area (Å²) < 4.78 is 14.6. The Balaban J connectivity index is 1.88. The van der Waals surface area contributed by atoms with E-state index in [1.165, 1.54) is 30.6 Å². The van der Waals surface area contributed by atoms with Gasteiger partial charge in [-0.25, -0.2) is 14.6 Å². The largest absolute Gasteiger partial charge is 0.497 e. The van der Waals surface area contributed by atoms with Gasteiger partial charge in [0.2, 0.25) is 9.37 Å². The van der Waals surface area contributed by atoms with Crippen molar-refractivity contribution in [2.24, 2.45) is 5.10 Å². The zero-order chi connectivity index (χ0) is 23.6. The minimum Gasteiger partial charge on any atom is -0.497 e. The Morgan fingerprint density at radius 3 is 2.27 bits per heavy atom. The Bertz CT molecular complexity index is 1120. The highest BCUT2D eigenvalue weighted by Crippen LogP contribution is 2.60. The number of carbonyl (C=O) groups excluding carboxylic acids is 2. The van der Waals surface area contributed by atoms with Crippen LogP contribution in [0.2, 0.25) is 0 Å². The Morgan fingerprint density at radius 1 is 0.970 bits per heavy atom. The van der Waals surface area contributed by atoms with Gasteiger partial charge in [-0.3, -0.25) is 0 Å². The maximum absolute atomic E-state index is 12.9. The lowest BCUT2D eigenvalue weighted by molar-refractivity contribution is -0.137. The van der Waals surface area contributed by atoms with Gasteiger partial charge in [0.05, 0.1) is 26.5 Å². The SMILES string of the molecule is CCOC(=O)C1=C(C)N(c2ccccc2)[C@]2(SC(C(=O)OC)=NN2c2ccc(OC)cc2)S1. The zero-order valence-electron chi connectivity index (χ0n) is 18.6. The van der Waals surface area contributed by atoms with E-state index < -0.39 is 16.3 Å². The number of allylic oxidation sites excluding steroid dienone is 1. The number of hydrogen-bond donors (Lipinski definition) is 0. The highest BCUT2D eigenvalue weighted by molar-refractivity contribution is 8.29. The van der Waals surface area contributed by atoms with Gasteiger partial charge < -0.3 is 19.1 Å². The first-order chi connectivity index (χ1) is 15.9. The third-order valence-corrected chi connectivity index (χ3v) is 7.87. The van der Waals surface area contributed by atoms with E-state index in [0.29, 0.717) is 22.0 Å². The van der Waals surface area contributed by atoms with Gasteiger partial charge in [0.15, 0.2) is 0 Å². The molecule has 8 nitrogen and oxygen atoms in total. The molecule has 0 amide bonds. The van der Waals surface area contributed by atoms with Crippen LogP contribution in [0.5, 0.6) is 5.75 Å². The van der Waals surface area contributed by atoms with Gasteiger partial charge in [0.1, 0.15) is 10.7 Å². The number of thioether (sulfide) groups is 2. The van der Waals surface area contributed by atoms with E-state index in [4.69, 9.17) is 14.2 Å². The third-order valence-electron chi connectivity index (χ3n) is 5.02. The summed E-state index contributed by atoms with van der Waals surface area (Å²) in [5.41, 5.74) is 2.26. The second-order valence-corrected chi connectivity index (χ2v) is 9.57. The van der Waals surface area contributed by atoms with Crippen LogP contribution in [0.15, 0.2) is 70.3 Å². The van der Waals surface area contributed by atoms with Crippen molar-refractivity contribution in [3.63, 3.8) is 0 Å². The molecule has 0 N–H and O–H groups in total. The molecule has 2 aliphatic rings. The number of nitrogens with zero attached hydrogens (tertiary/aromatic N) is 3. The minimum absolute atomic E-state index is 0.180. The molecule has 4 rings (SSSR count). The molecule has 0 saturated carbocycles. The van der Waals surface area contributed by atoms with Crippen molar-refractivity contribution in [2.75, 3.05) is 30.7 Å². The minimum atomic E-state index is -1.02. The van der Waals surface area contributed by atoms with Crippen LogP contribution in [0, 0.1) is 0 Å². The van der Waals surface area contributed by atoms with Crippen LogP contribution in [0.1, 0.15) is 13.8 Å². The molecule has 2 aliphatic heterocycles. The summed E-state index contributed by atoms with van der Waals surface area (Å²) in [5, 5.41) is 6.54. The normalized spacial score (nSPS) is 19.7. The van der Waals surface area contributed by atoms with Crippen molar-refractivity contribution in [1.82, 2.24) is 0 Å². The van der Waals surface area contributed by atoms with Crippen molar-refractivity contribution in [3.8, 4) is 5.75 Å². The van der Waals surface area contributed by atoms with Crippen LogP contribution < -0.4 is 14.6 Å². The monoisotopic (exact) mass is 485 g/mol. The molecule has 0 unspecified atom stereocenters. The molecule has 1 atom stereocenters. The second kappa shape index (κ2) is 9.40. The van der Waals surface area contributed by atoms with Gasteiger partial charge in [0.25, 0.3) is 0 Å². The first-order valence-electron chi connectivity index (χ1n) is 10.2. The zero-order valence-corrected chi connectivity index (χ0v) is 20.2. The van der Waals surface area contributed by atoms with E-state index in [9.17, 15) is 9.59 Å². The Kier molecular flexibility index (Phi) is 6.57. The van der Waals surface area contributed by atoms with Crippen LogP contribution >= 0.6 is 23.5 Å². The molecule has 0 saturated heterocycles. The molecule has 1 spiro atoms. The van der Waals surface area contributed by atoms with Crippen molar-refractivity contribution in [2.45, 2.75) is 18.2 Å². The number of anilines is 2. The topological polar surface area (TPSA) is 80.7 Å². The molecule has 172 valence electrons. The number of esters is 2. The van der Waals surface area contributed by atoms with E-state index in [1.54, 1.807) is 19.0 Å². The number of hydrogen-bond acceptors (Lipinski definition) is 10. The molecule has 0 aliphatic carbocycles. The van der Waals surface area contributed by atoms with Crippen molar-refractivity contribution in [1.29, 1.82) is 0 Å². The van der Waals surface area contributed by atoms with Gasteiger partial charge in [-0.05, 0) is 62.0 Å². The molecular weight excluding hydrogens is 462 g/mol. The lowest BCUT2D eigenvalue weighted by Crippen LogP contribution is -2.49. The Hall–Kier alpha value is -3.11. The number of benzene rings is 2. The number of ether oxygens (including phenoxy) is 3. The molecule has 0 aromatic heterocycles. The van der Waals surface area contributed by atoms with Crippen LogP contribution in [0.3, 0.4) is 0 Å². The smallest absolute Gasteiger partial charge is 0.365 e. The standard InChI is InChI=1S/C23H23N3O5S2/c1-5-31-21(27)19-15(2)25(16-9-7-6-8-10-16)23(32-19)26(24-20(33-23)22(28)30-4)17-11-13-18(29-3)14-12-17/h6-14H,5H2,1-4H3/t23-/m1/s1. The number of rotatable bonds is 6. The molecule has 0 bridgehead atoms. The maximum atomic E-state index is 12.9. The number of hydrazone groups is 1. The fraction of sp³-hybridized carbons (Fsp3) is 0.261. The molecular formula is C23H23N3O5S2. The van der Waals surface area contributed by atoms with Crippen molar-refractivity contribution in [3.05, 3.63) is 65.2 Å². The van der Waals surface area contributed by atoms with Crippen molar-refractivity contribution < 1.29 is 23.8 Å². The first kappa shape index (κ1) is 23.1. The lowest BCUT2D eigenvalue weighted by atomic mass is 10.2. The average molecular weight is 486 g/mol. The van der Waals surface area contributed by atoms with Crippen LogP contribution in [-0.2, 0) is 19.1 Å². The summed E-state index contributed by atoms with van der Waals surface area (Å²) in [6, 6.07) is 17.0. The predicted molar refractivity (Wildman–Crippen MR) is 131 cm³/mol. The molecule has 33 heavy (non-hydrogen) atoms. The van der Waals surface area contributed by atoms with Crippen LogP contribution in [0.25, 0.3) is 0 Å². The van der Waals surface area contributed by atoms with Gasteiger partial charge in [0, 0.05) is 11.4 Å². The van der Waals surface area contributed by atoms with Gasteiger partial charge in [-0.15, -0.1) is 0 Å². The lowest BCUT2D eigenvalue weighted by Gasteiger charge is -2.41. The fourth-order valence-electron chi connectivity index (χ4n) is 3.55. The number of methoxy groups -OCH3 is 2. The first-order valence-corrected chi connectivity index (χ1v) is 11.8. The summed E-state index contributed by atoms with van der Waals surface area (Å²) in [6.45, 7) is 3.89. The van der Waals surface area contributed by atoms with E-state index >= 15 is 0 Å². The Morgan fingerprint density at radius 2 is 1.67 bits per heavy atom. The predicted octanol–water partition coefficient (Wildman–Crippen LogP) is 4.39. The Labute approximate surface area is 200 Å². The van der Waals surface area contributed by atoms with Gasteiger partial charge in [-0.1, -0.05) is 30.0 Å². The van der Waals surface area contributed by atoms with E-state index in [2.05, 4.69) is 5.10 Å². The maximum Gasteiger partial charge on any atom is 0.365 e. The van der Waals surface area contributed by atoms with E-state index in [0.717, 1.165) is 5.69 Å². The van der Waals surface area contributed by atoms with E-state index in [1.807, 2.05) is 66.4 Å². The van der Waals surface area contributed by atoms with Crippen molar-refractivity contribution >= 4 is 51.9 Å². The number of para-hydroxylation sites is 1. The summed E-state index contributed by atoms with van der Waals surface area (Å²) in [7, 11) is 2.91. The molecule has 2 aromatic carbocycles. The van der Waals surface area contributed by atoms with Crippen LogP contribution in [0.4, 0.5) is 11.4 Å². The van der Waals surface area contributed by atoms with Gasteiger partial charge in [-0.2, -0.15) is 5.10 Å². The summed E-state index contributed by atoms with van der Waals surface area (Å²) in [5.74, 6) is -0.275. The molecule has 2 aromatic rings. The van der Waals surface area contributed by atoms with Crippen LogP contribution in [-0.4, -0.2) is 42.1 Å². The summed E-state index contributed by atoms with van der Waals surface area (Å²) in [6.07, 6.45) is 0. The molecule has 0 radical (unpaired) electrons. The molecule has 10 heteroatoms. The van der Waals surface area contributed by atoms with E-state index in [-0.39, 0.29) is 11.7 Å². The average Bonchev–Trinajstić information content (AvgIpc) is 3.36. The fourth-order valence-corrected chi connectivity index (χ4v) is 6.52. The second-order valence-electron chi connectivity index (χ2n) is 6.97. The quantitative estimate of drug-likeness (QED) is 0.553. The highest BCUT2D eigenvalue weighted by atomic mass is 32.2. The molecule has 0 fully saturated rings.